The number of benzene rings is 3. The molecule has 0 saturated carbocycles. The number of ether oxygens (including phenoxy) is 2. The number of para-hydroxylation sites is 2. The van der Waals surface area contributed by atoms with Gasteiger partial charge in [-0.3, -0.25) is 9.59 Å². The summed E-state index contributed by atoms with van der Waals surface area (Å²) in [7, 11) is 0. The van der Waals surface area contributed by atoms with E-state index in [0.29, 0.717) is 12.1 Å². The van der Waals surface area contributed by atoms with E-state index < -0.39 is 42.6 Å². The van der Waals surface area contributed by atoms with Crippen molar-refractivity contribution >= 4 is 23.5 Å². The molecule has 35 heavy (non-hydrogen) atoms. The molecule has 0 unspecified atom stereocenters. The van der Waals surface area contributed by atoms with Crippen LogP contribution < -0.4 is 10.1 Å². The molecule has 0 heterocycles. The minimum atomic E-state index is -0.815. The van der Waals surface area contributed by atoms with Crippen LogP contribution in [0.5, 0.6) is 5.75 Å². The molecule has 1 N–H and O–H groups in total. The summed E-state index contributed by atoms with van der Waals surface area (Å²) in [6.45, 7) is 1.26. The topological polar surface area (TPSA) is 84.9 Å². The molecule has 3 rings (SSSR count). The minimum Gasteiger partial charge on any atom is -0.483 e. The molecule has 2 amide bonds. The second-order valence-corrected chi connectivity index (χ2v) is 7.43. The van der Waals surface area contributed by atoms with Gasteiger partial charge in [0.1, 0.15) is 22.9 Å². The van der Waals surface area contributed by atoms with Crippen molar-refractivity contribution in [2.75, 3.05) is 25.1 Å². The Hall–Kier alpha value is -4.27. The van der Waals surface area contributed by atoms with Crippen molar-refractivity contribution in [3.8, 4) is 5.75 Å². The number of halogens is 2. The van der Waals surface area contributed by atoms with Crippen LogP contribution >= 0.6 is 0 Å². The van der Waals surface area contributed by atoms with Gasteiger partial charge in [0.05, 0.1) is 5.69 Å². The molecule has 0 aromatic heterocycles. The van der Waals surface area contributed by atoms with E-state index >= 15 is 0 Å². The third kappa shape index (κ3) is 7.36. The summed E-state index contributed by atoms with van der Waals surface area (Å²) in [6, 6.07) is 17.7. The molecule has 7 nitrogen and oxygen atoms in total. The summed E-state index contributed by atoms with van der Waals surface area (Å²) in [5.41, 5.74) is 0.636. The van der Waals surface area contributed by atoms with Gasteiger partial charge in [0, 0.05) is 13.1 Å². The van der Waals surface area contributed by atoms with Gasteiger partial charge < -0.3 is 19.7 Å². The number of nitrogens with one attached hydrogen (secondary N) is 1. The van der Waals surface area contributed by atoms with Gasteiger partial charge in [0.2, 0.25) is 0 Å². The number of carbonyl (C=O) groups is 3. The van der Waals surface area contributed by atoms with Crippen LogP contribution in [0.1, 0.15) is 22.8 Å². The number of esters is 1. The molecular formula is C26H24F2N2O5. The van der Waals surface area contributed by atoms with Crippen LogP contribution in [0.4, 0.5) is 14.5 Å². The van der Waals surface area contributed by atoms with E-state index in [0.717, 1.165) is 0 Å². The highest BCUT2D eigenvalue weighted by molar-refractivity contribution is 5.95. The summed E-state index contributed by atoms with van der Waals surface area (Å²) in [4.78, 5) is 38.7. The maximum absolute atomic E-state index is 13.7. The minimum absolute atomic E-state index is 0.00558. The van der Waals surface area contributed by atoms with Gasteiger partial charge in [-0.1, -0.05) is 36.4 Å². The third-order valence-corrected chi connectivity index (χ3v) is 4.94. The number of nitrogens with zero attached hydrogens (tertiary/aromatic N) is 1. The Morgan fingerprint density at radius 2 is 1.66 bits per heavy atom. The van der Waals surface area contributed by atoms with Crippen molar-refractivity contribution in [2.45, 2.75) is 13.5 Å². The van der Waals surface area contributed by atoms with E-state index in [1.54, 1.807) is 37.3 Å². The number of hydrogen-bond acceptors (Lipinski definition) is 5. The lowest BCUT2D eigenvalue weighted by Crippen LogP contribution is -2.34. The Bertz CT molecular complexity index is 1200. The maximum Gasteiger partial charge on any atom is 0.342 e. The lowest BCUT2D eigenvalue weighted by atomic mass is 10.2. The Balaban J connectivity index is 1.56. The van der Waals surface area contributed by atoms with E-state index in [1.807, 2.05) is 0 Å². The molecule has 0 atom stereocenters. The quantitative estimate of drug-likeness (QED) is 0.438. The lowest BCUT2D eigenvalue weighted by Gasteiger charge is -2.21. The van der Waals surface area contributed by atoms with Gasteiger partial charge in [-0.25, -0.2) is 13.6 Å². The van der Waals surface area contributed by atoms with Crippen LogP contribution in [0.15, 0.2) is 72.8 Å². The maximum atomic E-state index is 13.7. The molecule has 3 aromatic rings. The van der Waals surface area contributed by atoms with Crippen LogP contribution in [0.25, 0.3) is 0 Å². The molecule has 0 saturated heterocycles. The van der Waals surface area contributed by atoms with Crippen molar-refractivity contribution in [1.29, 1.82) is 0 Å². The summed E-state index contributed by atoms with van der Waals surface area (Å²) < 4.78 is 37.7. The fourth-order valence-corrected chi connectivity index (χ4v) is 3.18. The van der Waals surface area contributed by atoms with Gasteiger partial charge in [-0.05, 0) is 48.9 Å². The van der Waals surface area contributed by atoms with Gasteiger partial charge in [0.15, 0.2) is 13.2 Å². The predicted molar refractivity (Wildman–Crippen MR) is 125 cm³/mol. The number of carbonyl (C=O) groups excluding carboxylic acids is 3. The molecule has 9 heteroatoms. The first-order valence-electron chi connectivity index (χ1n) is 10.8. The fourth-order valence-electron chi connectivity index (χ4n) is 3.18. The molecule has 0 radical (unpaired) electrons. The molecule has 0 fully saturated rings. The van der Waals surface area contributed by atoms with E-state index in [-0.39, 0.29) is 23.5 Å². The highest BCUT2D eigenvalue weighted by atomic mass is 19.1. The summed E-state index contributed by atoms with van der Waals surface area (Å²) >= 11 is 0. The van der Waals surface area contributed by atoms with Crippen molar-refractivity contribution < 1.29 is 32.6 Å². The number of anilines is 1. The van der Waals surface area contributed by atoms with Crippen molar-refractivity contribution in [3.05, 3.63) is 95.6 Å². The molecular weight excluding hydrogens is 458 g/mol. The van der Waals surface area contributed by atoms with Crippen LogP contribution in [-0.2, 0) is 20.9 Å². The van der Waals surface area contributed by atoms with E-state index in [1.165, 1.54) is 47.4 Å². The van der Waals surface area contributed by atoms with Crippen molar-refractivity contribution in [2.24, 2.45) is 0 Å². The number of amides is 2. The monoisotopic (exact) mass is 482 g/mol. The molecule has 0 aliphatic heterocycles. The molecule has 182 valence electrons. The van der Waals surface area contributed by atoms with Crippen LogP contribution in [-0.4, -0.2) is 42.4 Å². The van der Waals surface area contributed by atoms with E-state index in [9.17, 15) is 23.2 Å². The van der Waals surface area contributed by atoms with Gasteiger partial charge >= 0.3 is 5.97 Å². The number of hydrogen-bond donors (Lipinski definition) is 1. The Labute approximate surface area is 201 Å². The molecule has 0 spiro atoms. The fraction of sp³-hybridized carbons (Fsp3) is 0.192. The Morgan fingerprint density at radius 1 is 0.914 bits per heavy atom. The molecule has 3 aromatic carbocycles. The largest absolute Gasteiger partial charge is 0.483 e. The standard InChI is InChI=1S/C26H24F2N2O5/c1-2-30(15-18-8-7-9-19(27)14-18)25(32)17-35-26(33)20-10-3-6-13-23(20)34-16-24(31)29-22-12-5-4-11-21(22)28/h3-14H,2,15-17H2,1H3,(H,29,31). The van der Waals surface area contributed by atoms with Crippen LogP contribution in [0.3, 0.4) is 0 Å². The zero-order chi connectivity index (χ0) is 25.2. The van der Waals surface area contributed by atoms with E-state index in [2.05, 4.69) is 5.32 Å². The van der Waals surface area contributed by atoms with Gasteiger partial charge in [-0.2, -0.15) is 0 Å². The number of rotatable bonds is 10. The van der Waals surface area contributed by atoms with Crippen LogP contribution in [0.2, 0.25) is 0 Å². The first-order valence-corrected chi connectivity index (χ1v) is 10.8. The molecule has 0 aliphatic rings. The molecule has 0 aliphatic carbocycles. The summed E-state index contributed by atoms with van der Waals surface area (Å²) in [6.07, 6.45) is 0. The summed E-state index contributed by atoms with van der Waals surface area (Å²) in [5.74, 6) is -2.81. The zero-order valence-electron chi connectivity index (χ0n) is 19.0. The number of likely N-dealkylation sites (N-methyl/N-ethyl adjacent to an activating group) is 1. The SMILES string of the molecule is CCN(Cc1cccc(F)c1)C(=O)COC(=O)c1ccccc1OCC(=O)Nc1ccccc1F. The zero-order valence-corrected chi connectivity index (χ0v) is 19.0. The third-order valence-electron chi connectivity index (χ3n) is 4.94. The summed E-state index contributed by atoms with van der Waals surface area (Å²) in [5, 5.41) is 2.38. The Morgan fingerprint density at radius 3 is 2.40 bits per heavy atom. The highest BCUT2D eigenvalue weighted by Gasteiger charge is 2.19. The molecule has 0 bridgehead atoms. The van der Waals surface area contributed by atoms with Crippen molar-refractivity contribution in [3.63, 3.8) is 0 Å². The second kappa shape index (κ2) is 12.3. The van der Waals surface area contributed by atoms with Crippen molar-refractivity contribution in [1.82, 2.24) is 4.90 Å². The van der Waals surface area contributed by atoms with E-state index in [4.69, 9.17) is 9.47 Å². The average Bonchev–Trinajstić information content (AvgIpc) is 2.86. The van der Waals surface area contributed by atoms with Gasteiger partial charge in [-0.15, -0.1) is 0 Å². The van der Waals surface area contributed by atoms with Gasteiger partial charge in [0.25, 0.3) is 11.8 Å². The Kier molecular flexibility index (Phi) is 8.89. The first kappa shape index (κ1) is 25.4. The smallest absolute Gasteiger partial charge is 0.342 e. The normalized spacial score (nSPS) is 10.4. The predicted octanol–water partition coefficient (Wildman–Crippen LogP) is 4.19. The second-order valence-electron chi connectivity index (χ2n) is 7.43. The lowest BCUT2D eigenvalue weighted by molar-refractivity contribution is -0.135. The van der Waals surface area contributed by atoms with Crippen LogP contribution in [0, 0.1) is 11.6 Å². The highest BCUT2D eigenvalue weighted by Crippen LogP contribution is 2.20. The average molecular weight is 482 g/mol. The first-order chi connectivity index (χ1) is 16.9.